The quantitative estimate of drug-likeness (QED) is 0.825. The zero-order valence-electron chi connectivity index (χ0n) is 10.7. The highest BCUT2D eigenvalue weighted by Crippen LogP contribution is 2.22. The Bertz CT molecular complexity index is 567. The molecule has 0 heterocycles. The van der Waals surface area contributed by atoms with Gasteiger partial charge in [-0.25, -0.2) is 8.42 Å². The molecule has 0 fully saturated rings. The minimum atomic E-state index is -3.52. The van der Waals surface area contributed by atoms with Crippen molar-refractivity contribution in [2.24, 2.45) is 5.92 Å². The smallest absolute Gasteiger partial charge is 0.257 e. The van der Waals surface area contributed by atoms with Crippen LogP contribution in [0.25, 0.3) is 0 Å². The van der Waals surface area contributed by atoms with Crippen molar-refractivity contribution < 1.29 is 8.42 Å². The summed E-state index contributed by atoms with van der Waals surface area (Å²) < 4.78 is 25.0. The van der Waals surface area contributed by atoms with Gasteiger partial charge < -0.3 is 5.43 Å². The van der Waals surface area contributed by atoms with Crippen LogP contribution in [0, 0.1) is 5.92 Å². The van der Waals surface area contributed by atoms with Crippen LogP contribution < -0.4 is 10.3 Å². The van der Waals surface area contributed by atoms with Crippen molar-refractivity contribution in [1.29, 1.82) is 0 Å². The third-order valence-electron chi connectivity index (χ3n) is 3.19. The normalized spacial score (nSPS) is 19.9. The van der Waals surface area contributed by atoms with E-state index in [-0.39, 0.29) is 4.90 Å². The van der Waals surface area contributed by atoms with Gasteiger partial charge in [0.15, 0.2) is 0 Å². The summed E-state index contributed by atoms with van der Waals surface area (Å²) >= 11 is 3.28. The van der Waals surface area contributed by atoms with Crippen molar-refractivity contribution in [3.63, 3.8) is 0 Å². The Morgan fingerprint density at radius 2 is 1.95 bits per heavy atom. The van der Waals surface area contributed by atoms with Crippen molar-refractivity contribution in [3.05, 3.63) is 40.5 Å². The molecular formula is C13H17BrN2O2S. The zero-order chi connectivity index (χ0) is 13.9. The van der Waals surface area contributed by atoms with E-state index in [9.17, 15) is 8.42 Å². The van der Waals surface area contributed by atoms with Crippen LogP contribution in [0.1, 0.15) is 26.2 Å². The molecule has 0 amide bonds. The van der Waals surface area contributed by atoms with Gasteiger partial charge in [0.2, 0.25) is 0 Å². The molecule has 2 N–H and O–H groups in total. The topological polar surface area (TPSA) is 58.2 Å². The number of benzene rings is 1. The lowest BCUT2D eigenvalue weighted by Gasteiger charge is -2.22. The fraction of sp³-hybridized carbons (Fsp3) is 0.385. The van der Waals surface area contributed by atoms with Gasteiger partial charge in [-0.1, -0.05) is 28.9 Å². The van der Waals surface area contributed by atoms with E-state index < -0.39 is 10.0 Å². The van der Waals surface area contributed by atoms with Gasteiger partial charge >= 0.3 is 0 Å². The van der Waals surface area contributed by atoms with Gasteiger partial charge in [0, 0.05) is 10.2 Å². The molecule has 2 rings (SSSR count). The molecule has 4 nitrogen and oxygen atoms in total. The van der Waals surface area contributed by atoms with Crippen LogP contribution in [-0.2, 0) is 10.0 Å². The average molecular weight is 345 g/mol. The molecule has 0 saturated heterocycles. The standard InChI is InChI=1S/C13H17BrN2O2S/c1-10-4-2-3-5-13(10)15-16-19(17,18)12-8-6-11(14)7-9-12/h5-10,15-16H,2-4H2,1H3/t10-/m1/s1. The maximum atomic E-state index is 12.1. The lowest BCUT2D eigenvalue weighted by Crippen LogP contribution is -2.38. The first-order valence-electron chi connectivity index (χ1n) is 6.22. The molecule has 0 bridgehead atoms. The summed E-state index contributed by atoms with van der Waals surface area (Å²) in [5.74, 6) is 0.362. The Hall–Kier alpha value is -0.850. The van der Waals surface area contributed by atoms with E-state index in [4.69, 9.17) is 0 Å². The number of allylic oxidation sites excluding steroid dienone is 2. The van der Waals surface area contributed by atoms with Crippen LogP contribution in [0.15, 0.2) is 45.4 Å². The molecule has 0 aromatic heterocycles. The third-order valence-corrected chi connectivity index (χ3v) is 4.98. The van der Waals surface area contributed by atoms with Crippen molar-refractivity contribution in [2.45, 2.75) is 31.1 Å². The number of nitrogens with one attached hydrogen (secondary N) is 2. The number of hydrogen-bond donors (Lipinski definition) is 2. The lowest BCUT2D eigenvalue weighted by atomic mass is 9.94. The molecule has 0 radical (unpaired) electrons. The minimum absolute atomic E-state index is 0.243. The molecule has 0 saturated carbocycles. The van der Waals surface area contributed by atoms with Crippen molar-refractivity contribution in [2.75, 3.05) is 0 Å². The first-order chi connectivity index (χ1) is 8.99. The number of rotatable bonds is 4. The van der Waals surface area contributed by atoms with Crippen LogP contribution in [0.2, 0.25) is 0 Å². The van der Waals surface area contributed by atoms with Crippen molar-refractivity contribution >= 4 is 26.0 Å². The molecule has 0 unspecified atom stereocenters. The first kappa shape index (κ1) is 14.6. The van der Waals surface area contributed by atoms with E-state index in [1.54, 1.807) is 24.3 Å². The highest BCUT2D eigenvalue weighted by Gasteiger charge is 2.17. The summed E-state index contributed by atoms with van der Waals surface area (Å²) in [6.45, 7) is 2.09. The summed E-state index contributed by atoms with van der Waals surface area (Å²) in [4.78, 5) is 2.68. The van der Waals surface area contributed by atoms with Crippen LogP contribution >= 0.6 is 15.9 Å². The molecule has 6 heteroatoms. The number of halogens is 1. The number of sulfonamides is 1. The summed E-state index contributed by atoms with van der Waals surface area (Å²) in [5.41, 5.74) is 3.79. The molecule has 1 aliphatic rings. The van der Waals surface area contributed by atoms with Crippen molar-refractivity contribution in [3.8, 4) is 0 Å². The van der Waals surface area contributed by atoms with Gasteiger partial charge in [-0.2, -0.15) is 0 Å². The highest BCUT2D eigenvalue weighted by molar-refractivity contribution is 9.10. The molecule has 1 aromatic carbocycles. The predicted octanol–water partition coefficient (Wildman–Crippen LogP) is 2.94. The summed E-state index contributed by atoms with van der Waals surface area (Å²) in [6.07, 6.45) is 5.29. The van der Waals surface area contributed by atoms with E-state index in [1.807, 2.05) is 0 Å². The van der Waals surface area contributed by atoms with Gasteiger partial charge in [-0.05, 0) is 49.4 Å². The SMILES string of the molecule is C[C@@H]1CCCC=C1NNS(=O)(=O)c1ccc(Br)cc1. The van der Waals surface area contributed by atoms with Gasteiger partial charge in [0.05, 0.1) is 4.90 Å². The average Bonchev–Trinajstić information content (AvgIpc) is 2.38. The molecule has 1 aromatic rings. The number of hydrazine groups is 1. The molecule has 1 atom stereocenters. The van der Waals surface area contributed by atoms with Gasteiger partial charge in [-0.15, -0.1) is 4.83 Å². The molecule has 0 aliphatic heterocycles. The van der Waals surface area contributed by atoms with Crippen molar-refractivity contribution in [1.82, 2.24) is 10.3 Å². The van der Waals surface area contributed by atoms with Gasteiger partial charge in [0.25, 0.3) is 10.0 Å². The Kier molecular flexibility index (Phi) is 4.65. The maximum absolute atomic E-state index is 12.1. The Labute approximate surface area is 122 Å². The van der Waals surface area contributed by atoms with E-state index >= 15 is 0 Å². The second-order valence-corrected chi connectivity index (χ2v) is 7.27. The first-order valence-corrected chi connectivity index (χ1v) is 8.50. The fourth-order valence-electron chi connectivity index (χ4n) is 2.01. The van der Waals surface area contributed by atoms with E-state index in [2.05, 4.69) is 39.2 Å². The largest absolute Gasteiger partial charge is 0.312 e. The van der Waals surface area contributed by atoms with Gasteiger partial charge in [0.1, 0.15) is 0 Å². The second-order valence-electron chi connectivity index (χ2n) is 4.68. The molecule has 19 heavy (non-hydrogen) atoms. The van der Waals surface area contributed by atoms with Crippen LogP contribution in [0.5, 0.6) is 0 Å². The third kappa shape index (κ3) is 3.81. The van der Waals surface area contributed by atoms with Crippen LogP contribution in [0.3, 0.4) is 0 Å². The van der Waals surface area contributed by atoms with Crippen LogP contribution in [-0.4, -0.2) is 8.42 Å². The second kappa shape index (κ2) is 6.07. The Morgan fingerprint density at radius 3 is 2.58 bits per heavy atom. The Balaban J connectivity index is 2.05. The number of hydrogen-bond acceptors (Lipinski definition) is 3. The van der Waals surface area contributed by atoms with E-state index in [1.165, 1.54) is 0 Å². The molecular weight excluding hydrogens is 328 g/mol. The summed E-state index contributed by atoms with van der Waals surface area (Å²) in [6, 6.07) is 6.54. The Morgan fingerprint density at radius 1 is 1.26 bits per heavy atom. The minimum Gasteiger partial charge on any atom is -0.312 e. The highest BCUT2D eigenvalue weighted by atomic mass is 79.9. The molecule has 1 aliphatic carbocycles. The van der Waals surface area contributed by atoms with E-state index in [0.29, 0.717) is 5.92 Å². The zero-order valence-corrected chi connectivity index (χ0v) is 13.1. The molecule has 104 valence electrons. The van der Waals surface area contributed by atoms with Crippen LogP contribution in [0.4, 0.5) is 0 Å². The molecule has 0 spiro atoms. The summed E-state index contributed by atoms with van der Waals surface area (Å²) in [5, 5.41) is 0. The van der Waals surface area contributed by atoms with E-state index in [0.717, 1.165) is 29.4 Å². The maximum Gasteiger partial charge on any atom is 0.257 e. The predicted molar refractivity (Wildman–Crippen MR) is 78.7 cm³/mol. The fourth-order valence-corrected chi connectivity index (χ4v) is 3.14. The van der Waals surface area contributed by atoms with Gasteiger partial charge in [-0.3, -0.25) is 0 Å². The lowest BCUT2D eigenvalue weighted by molar-refractivity contribution is 0.494. The summed E-state index contributed by atoms with van der Waals surface area (Å²) in [7, 11) is -3.52. The monoisotopic (exact) mass is 344 g/mol.